The highest BCUT2D eigenvalue weighted by Gasteiger charge is 2.14. The summed E-state index contributed by atoms with van der Waals surface area (Å²) in [5, 5.41) is 4.00. The topological polar surface area (TPSA) is 54.4 Å². The molecule has 0 aliphatic heterocycles. The summed E-state index contributed by atoms with van der Waals surface area (Å²) in [6.07, 6.45) is 2.96. The number of carbonyl (C=O) groups excluding carboxylic acids is 1. The van der Waals surface area contributed by atoms with Crippen molar-refractivity contribution in [2.24, 2.45) is 5.10 Å². The van der Waals surface area contributed by atoms with Crippen LogP contribution in [0.25, 0.3) is 0 Å². The summed E-state index contributed by atoms with van der Waals surface area (Å²) >= 11 is 11.8. The third kappa shape index (κ3) is 3.56. The van der Waals surface area contributed by atoms with Gasteiger partial charge < -0.3 is 0 Å². The third-order valence-corrected chi connectivity index (χ3v) is 3.34. The molecule has 7 heteroatoms. The Morgan fingerprint density at radius 3 is 2.76 bits per heavy atom. The van der Waals surface area contributed by atoms with Gasteiger partial charge in [-0.1, -0.05) is 23.2 Å². The summed E-state index contributed by atoms with van der Waals surface area (Å²) in [4.78, 5) is 15.6. The monoisotopic (exact) mass is 325 g/mol. The number of nitrogens with zero attached hydrogens (tertiary/aromatic N) is 2. The molecule has 2 aromatic rings. The number of amides is 1. The van der Waals surface area contributed by atoms with Gasteiger partial charge in [0.25, 0.3) is 5.91 Å². The van der Waals surface area contributed by atoms with E-state index in [-0.39, 0.29) is 15.6 Å². The average molecular weight is 326 g/mol. The first-order chi connectivity index (χ1) is 10.0. The Hall–Kier alpha value is -1.98. The summed E-state index contributed by atoms with van der Waals surface area (Å²) in [7, 11) is 0. The molecule has 0 radical (unpaired) electrons. The lowest BCUT2D eigenvalue weighted by Gasteiger charge is -2.07. The van der Waals surface area contributed by atoms with Crippen molar-refractivity contribution in [1.82, 2.24) is 10.4 Å². The molecule has 0 bridgehead atoms. The fraction of sp³-hybridized carbons (Fsp3) is 0.0714. The molecule has 21 heavy (non-hydrogen) atoms. The summed E-state index contributed by atoms with van der Waals surface area (Å²) < 4.78 is 13.4. The van der Waals surface area contributed by atoms with Crippen LogP contribution < -0.4 is 5.43 Å². The van der Waals surface area contributed by atoms with Crippen LogP contribution in [0.1, 0.15) is 22.8 Å². The summed E-state index contributed by atoms with van der Waals surface area (Å²) in [6, 6.07) is 5.76. The standard InChI is InChI=1S/C14H10Cl2FN3O/c1-8(12-10(15)4-5-11(17)13(12)16)19-20-14(21)9-3-2-6-18-7-9/h2-7H,1H3,(H,20,21)/b19-8-. The van der Waals surface area contributed by atoms with Gasteiger partial charge in [0.15, 0.2) is 0 Å². The Balaban J connectivity index is 2.23. The predicted molar refractivity (Wildman–Crippen MR) is 80.3 cm³/mol. The lowest BCUT2D eigenvalue weighted by molar-refractivity contribution is 0.0954. The molecule has 1 aromatic heterocycles. The van der Waals surface area contributed by atoms with Gasteiger partial charge in [0.2, 0.25) is 0 Å². The minimum Gasteiger partial charge on any atom is -0.267 e. The number of hydrogen-bond donors (Lipinski definition) is 1. The number of rotatable bonds is 3. The molecular formula is C14H10Cl2FN3O. The van der Waals surface area contributed by atoms with Crippen LogP contribution in [0.5, 0.6) is 0 Å². The first kappa shape index (κ1) is 15.4. The molecule has 0 aliphatic carbocycles. The number of hydrazone groups is 1. The maximum absolute atomic E-state index is 13.4. The fourth-order valence-electron chi connectivity index (χ4n) is 1.61. The number of aromatic nitrogens is 1. The van der Waals surface area contributed by atoms with Gasteiger partial charge >= 0.3 is 0 Å². The van der Waals surface area contributed by atoms with E-state index >= 15 is 0 Å². The first-order valence-corrected chi connectivity index (χ1v) is 6.65. The maximum Gasteiger partial charge on any atom is 0.272 e. The zero-order valence-corrected chi connectivity index (χ0v) is 12.4. The highest BCUT2D eigenvalue weighted by atomic mass is 35.5. The number of halogens is 3. The summed E-state index contributed by atoms with van der Waals surface area (Å²) in [5.41, 5.74) is 3.23. The van der Waals surface area contributed by atoms with Gasteiger partial charge in [-0.25, -0.2) is 9.82 Å². The Kier molecular flexibility index (Phi) is 4.88. The fourth-order valence-corrected chi connectivity index (χ4v) is 2.26. The van der Waals surface area contributed by atoms with Crippen LogP contribution in [0.15, 0.2) is 41.8 Å². The molecule has 0 saturated heterocycles. The van der Waals surface area contributed by atoms with E-state index in [0.717, 1.165) is 6.07 Å². The molecule has 0 unspecified atom stereocenters. The van der Waals surface area contributed by atoms with Crippen molar-refractivity contribution in [2.75, 3.05) is 0 Å². The molecular weight excluding hydrogens is 316 g/mol. The van der Waals surface area contributed by atoms with E-state index in [1.807, 2.05) is 0 Å². The van der Waals surface area contributed by atoms with E-state index in [1.165, 1.54) is 12.3 Å². The van der Waals surface area contributed by atoms with Gasteiger partial charge in [-0.15, -0.1) is 0 Å². The van der Waals surface area contributed by atoms with E-state index in [1.54, 1.807) is 25.3 Å². The Bertz CT molecular complexity index is 705. The minimum atomic E-state index is -0.607. The lowest BCUT2D eigenvalue weighted by atomic mass is 10.1. The molecule has 1 N–H and O–H groups in total. The zero-order chi connectivity index (χ0) is 15.4. The number of pyridine rings is 1. The van der Waals surface area contributed by atoms with E-state index in [4.69, 9.17) is 23.2 Å². The molecule has 4 nitrogen and oxygen atoms in total. The van der Waals surface area contributed by atoms with Gasteiger partial charge in [-0.05, 0) is 31.2 Å². The quantitative estimate of drug-likeness (QED) is 0.531. The SMILES string of the molecule is C/C(=N/NC(=O)c1cccnc1)c1c(Cl)ccc(F)c1Cl. The molecule has 0 spiro atoms. The highest BCUT2D eigenvalue weighted by molar-refractivity contribution is 6.40. The maximum atomic E-state index is 13.4. The molecule has 1 amide bonds. The normalized spacial score (nSPS) is 11.3. The van der Waals surface area contributed by atoms with Crippen LogP contribution in [0.4, 0.5) is 4.39 Å². The second kappa shape index (κ2) is 6.65. The number of benzene rings is 1. The smallest absolute Gasteiger partial charge is 0.267 e. The van der Waals surface area contributed by atoms with E-state index in [9.17, 15) is 9.18 Å². The second-order valence-electron chi connectivity index (χ2n) is 4.10. The summed E-state index contributed by atoms with van der Waals surface area (Å²) in [6.45, 7) is 1.57. The van der Waals surface area contributed by atoms with Gasteiger partial charge in [0, 0.05) is 18.0 Å². The zero-order valence-electron chi connectivity index (χ0n) is 10.9. The Labute approximate surface area is 130 Å². The molecule has 0 aliphatic rings. The molecule has 2 rings (SSSR count). The van der Waals surface area contributed by atoms with Crippen molar-refractivity contribution >= 4 is 34.8 Å². The van der Waals surface area contributed by atoms with Gasteiger partial charge in [0.1, 0.15) is 5.82 Å². The van der Waals surface area contributed by atoms with Crippen molar-refractivity contribution < 1.29 is 9.18 Å². The summed E-state index contributed by atoms with van der Waals surface area (Å²) in [5.74, 6) is -1.05. The van der Waals surface area contributed by atoms with E-state index in [2.05, 4.69) is 15.5 Å². The number of nitrogens with one attached hydrogen (secondary N) is 1. The van der Waals surface area contributed by atoms with E-state index < -0.39 is 11.7 Å². The molecule has 1 heterocycles. The predicted octanol–water partition coefficient (Wildman–Crippen LogP) is 3.68. The van der Waals surface area contributed by atoms with Crippen LogP contribution in [-0.2, 0) is 0 Å². The van der Waals surface area contributed by atoms with Gasteiger partial charge in [0.05, 0.1) is 21.3 Å². The van der Waals surface area contributed by atoms with Crippen molar-refractivity contribution in [2.45, 2.75) is 6.92 Å². The van der Waals surface area contributed by atoms with Crippen molar-refractivity contribution in [1.29, 1.82) is 0 Å². The van der Waals surface area contributed by atoms with Crippen LogP contribution in [0, 0.1) is 5.82 Å². The number of hydrogen-bond acceptors (Lipinski definition) is 3. The largest absolute Gasteiger partial charge is 0.272 e. The first-order valence-electron chi connectivity index (χ1n) is 5.89. The van der Waals surface area contributed by atoms with Gasteiger partial charge in [-0.2, -0.15) is 5.10 Å². The molecule has 1 aromatic carbocycles. The Morgan fingerprint density at radius 1 is 1.33 bits per heavy atom. The van der Waals surface area contributed by atoms with Crippen molar-refractivity contribution in [3.05, 3.63) is 63.6 Å². The van der Waals surface area contributed by atoms with Crippen LogP contribution in [0.2, 0.25) is 10.0 Å². The molecule has 0 atom stereocenters. The highest BCUT2D eigenvalue weighted by Crippen LogP contribution is 2.27. The third-order valence-electron chi connectivity index (χ3n) is 2.65. The molecule has 0 saturated carbocycles. The lowest BCUT2D eigenvalue weighted by Crippen LogP contribution is -2.19. The second-order valence-corrected chi connectivity index (χ2v) is 4.88. The van der Waals surface area contributed by atoms with Crippen molar-refractivity contribution in [3.63, 3.8) is 0 Å². The van der Waals surface area contributed by atoms with E-state index in [0.29, 0.717) is 11.3 Å². The van der Waals surface area contributed by atoms with Crippen LogP contribution >= 0.6 is 23.2 Å². The molecule has 0 fully saturated rings. The Morgan fingerprint density at radius 2 is 2.10 bits per heavy atom. The van der Waals surface area contributed by atoms with Gasteiger partial charge in [-0.3, -0.25) is 9.78 Å². The minimum absolute atomic E-state index is 0.139. The number of carbonyl (C=O) groups is 1. The van der Waals surface area contributed by atoms with Crippen LogP contribution in [-0.4, -0.2) is 16.6 Å². The molecule has 108 valence electrons. The van der Waals surface area contributed by atoms with Crippen LogP contribution in [0.3, 0.4) is 0 Å². The van der Waals surface area contributed by atoms with Crippen molar-refractivity contribution in [3.8, 4) is 0 Å². The average Bonchev–Trinajstić information content (AvgIpc) is 2.50.